The Morgan fingerprint density at radius 1 is 1.16 bits per heavy atom. The molecule has 9 nitrogen and oxygen atoms in total. The molecule has 3 heterocycles. The first-order valence-corrected chi connectivity index (χ1v) is 14.2. The van der Waals surface area contributed by atoms with Gasteiger partial charge in [-0.25, -0.2) is 13.4 Å². The highest BCUT2D eigenvalue weighted by Gasteiger charge is 2.51. The Morgan fingerprint density at radius 3 is 2.74 bits per heavy atom. The largest absolute Gasteiger partial charge is 0.467 e. The third-order valence-corrected chi connectivity index (χ3v) is 9.61. The molecule has 1 aromatic heterocycles. The highest BCUT2D eigenvalue weighted by molar-refractivity contribution is 7.89. The van der Waals surface area contributed by atoms with Gasteiger partial charge in [-0.2, -0.15) is 4.31 Å². The van der Waals surface area contributed by atoms with Gasteiger partial charge in [0.2, 0.25) is 15.9 Å². The maximum Gasteiger partial charge on any atom is 0.243 e. The lowest BCUT2D eigenvalue weighted by atomic mass is 9.93. The van der Waals surface area contributed by atoms with Crippen LogP contribution in [0.15, 0.2) is 65.6 Å². The molecule has 1 amide bonds. The van der Waals surface area contributed by atoms with Gasteiger partial charge in [0, 0.05) is 26.6 Å². The van der Waals surface area contributed by atoms with E-state index in [0.717, 1.165) is 41.7 Å². The number of sulfonamides is 1. The van der Waals surface area contributed by atoms with E-state index in [1.807, 2.05) is 30.3 Å². The van der Waals surface area contributed by atoms with Gasteiger partial charge >= 0.3 is 0 Å². The number of carbonyl (C=O) groups is 1. The van der Waals surface area contributed by atoms with Gasteiger partial charge in [0.25, 0.3) is 0 Å². The van der Waals surface area contributed by atoms with Crippen LogP contribution in [0.2, 0.25) is 0 Å². The van der Waals surface area contributed by atoms with Crippen LogP contribution in [0.25, 0.3) is 11.3 Å². The molecule has 1 atom stereocenters. The van der Waals surface area contributed by atoms with E-state index in [9.17, 15) is 18.3 Å². The van der Waals surface area contributed by atoms with Crippen LogP contribution in [0, 0.1) is 0 Å². The Labute approximate surface area is 224 Å². The minimum atomic E-state index is -3.68. The number of pyridine rings is 1. The van der Waals surface area contributed by atoms with Crippen molar-refractivity contribution >= 4 is 21.7 Å². The minimum absolute atomic E-state index is 0. The van der Waals surface area contributed by atoms with E-state index in [1.54, 1.807) is 30.3 Å². The molecule has 202 valence electrons. The van der Waals surface area contributed by atoms with Crippen LogP contribution in [0.1, 0.15) is 39.7 Å². The molecule has 0 spiro atoms. The second-order valence-corrected chi connectivity index (χ2v) is 11.9. The molecular formula is C28H33N3O6S. The average molecular weight is 540 g/mol. The maximum atomic E-state index is 13.3. The molecule has 0 unspecified atom stereocenters. The Bertz CT molecular complexity index is 1480. The van der Waals surface area contributed by atoms with E-state index in [0.29, 0.717) is 31.1 Å². The van der Waals surface area contributed by atoms with Gasteiger partial charge in [-0.15, -0.1) is 0 Å². The smallest absolute Gasteiger partial charge is 0.243 e. The second-order valence-electron chi connectivity index (χ2n) is 10.00. The van der Waals surface area contributed by atoms with Crippen LogP contribution in [0.4, 0.5) is 5.82 Å². The number of ether oxygens (including phenoxy) is 2. The standard InChI is InChI=1S/C28H29N3O6S.2H2/c32-16-22-3-2-14-31(22)38(34,35)23-10-7-19(8-11-23)24-4-1-5-26(29-24)30-27(33)28(12-13-28)21-9-6-20-17-36-18-37-25(20)15-21;;/h1,4-11,15,22,32H,2-3,12-14,16-18H2,(H,29,30,33);2*1H/t22-;;/m1../s1. The zero-order valence-electron chi connectivity index (χ0n) is 20.8. The lowest BCUT2D eigenvalue weighted by Gasteiger charge is -2.22. The topological polar surface area (TPSA) is 118 Å². The Morgan fingerprint density at radius 2 is 1.97 bits per heavy atom. The normalized spacial score (nSPS) is 20.4. The van der Waals surface area contributed by atoms with E-state index in [1.165, 1.54) is 4.31 Å². The fraction of sp³-hybridized carbons (Fsp3) is 0.357. The van der Waals surface area contributed by atoms with Crippen LogP contribution in [0.3, 0.4) is 0 Å². The molecule has 10 heteroatoms. The molecule has 6 rings (SSSR count). The number of aliphatic hydroxyl groups excluding tert-OH is 1. The zero-order chi connectivity index (χ0) is 26.3. The summed E-state index contributed by atoms with van der Waals surface area (Å²) in [7, 11) is -3.68. The van der Waals surface area contributed by atoms with Crippen molar-refractivity contribution in [3.63, 3.8) is 0 Å². The number of carbonyl (C=O) groups excluding carboxylic acids is 1. The van der Waals surface area contributed by atoms with Crippen molar-refractivity contribution in [2.75, 3.05) is 25.3 Å². The van der Waals surface area contributed by atoms with Crippen LogP contribution in [0.5, 0.6) is 5.75 Å². The van der Waals surface area contributed by atoms with Gasteiger partial charge in [-0.3, -0.25) is 4.79 Å². The molecule has 38 heavy (non-hydrogen) atoms. The molecule has 2 fully saturated rings. The first kappa shape index (κ1) is 25.0. The Kier molecular flexibility index (Phi) is 6.43. The molecule has 1 aliphatic carbocycles. The van der Waals surface area contributed by atoms with Crippen LogP contribution in [-0.4, -0.2) is 54.7 Å². The van der Waals surface area contributed by atoms with Gasteiger partial charge < -0.3 is 19.9 Å². The summed E-state index contributed by atoms with van der Waals surface area (Å²) in [6, 6.07) is 17.4. The molecule has 0 radical (unpaired) electrons. The molecule has 0 bridgehead atoms. The van der Waals surface area contributed by atoms with Crippen molar-refractivity contribution < 1.29 is 30.6 Å². The van der Waals surface area contributed by atoms with Crippen molar-refractivity contribution in [3.05, 3.63) is 71.8 Å². The Balaban J connectivity index is 0.00000185. The van der Waals surface area contributed by atoms with Crippen LogP contribution >= 0.6 is 0 Å². The van der Waals surface area contributed by atoms with Crippen molar-refractivity contribution in [3.8, 4) is 17.0 Å². The van der Waals surface area contributed by atoms with Crippen LogP contribution in [-0.2, 0) is 31.6 Å². The fourth-order valence-electron chi connectivity index (χ4n) is 5.28. The van der Waals surface area contributed by atoms with Crippen LogP contribution < -0.4 is 10.1 Å². The number of benzene rings is 2. The van der Waals surface area contributed by atoms with E-state index in [4.69, 9.17) is 9.47 Å². The summed E-state index contributed by atoms with van der Waals surface area (Å²) in [5, 5.41) is 12.5. The third kappa shape index (κ3) is 4.47. The SMILES string of the molecule is O=C(Nc1cccc(-c2ccc(S(=O)(=O)N3CCC[C@@H]3CO)cc2)n1)C1(c2ccc3c(c2)OCOC3)CC1.[HH].[HH]. The minimum Gasteiger partial charge on any atom is -0.467 e. The van der Waals surface area contributed by atoms with Gasteiger partial charge in [0.15, 0.2) is 6.79 Å². The van der Waals surface area contributed by atoms with Gasteiger partial charge in [0.05, 0.1) is 29.2 Å². The predicted molar refractivity (Wildman–Crippen MR) is 144 cm³/mol. The number of aliphatic hydroxyl groups is 1. The number of aromatic nitrogens is 1. The monoisotopic (exact) mass is 539 g/mol. The first-order valence-electron chi connectivity index (χ1n) is 12.8. The quantitative estimate of drug-likeness (QED) is 0.467. The maximum absolute atomic E-state index is 13.3. The summed E-state index contributed by atoms with van der Waals surface area (Å²) in [6.07, 6.45) is 2.89. The third-order valence-electron chi connectivity index (χ3n) is 7.64. The number of nitrogens with one attached hydrogen (secondary N) is 1. The highest BCUT2D eigenvalue weighted by Crippen LogP contribution is 2.50. The van der Waals surface area contributed by atoms with E-state index in [-0.39, 0.29) is 33.1 Å². The predicted octanol–water partition coefficient (Wildman–Crippen LogP) is 3.92. The van der Waals surface area contributed by atoms with E-state index >= 15 is 0 Å². The van der Waals surface area contributed by atoms with E-state index in [2.05, 4.69) is 10.3 Å². The summed E-state index contributed by atoms with van der Waals surface area (Å²) in [6.45, 7) is 0.934. The number of rotatable bonds is 7. The lowest BCUT2D eigenvalue weighted by Crippen LogP contribution is -2.37. The van der Waals surface area contributed by atoms with Gasteiger partial charge in [0.1, 0.15) is 11.6 Å². The molecule has 2 aliphatic heterocycles. The summed E-state index contributed by atoms with van der Waals surface area (Å²) in [5.41, 5.74) is 2.64. The molecular weight excluding hydrogens is 506 g/mol. The van der Waals surface area contributed by atoms with Gasteiger partial charge in [-0.1, -0.05) is 30.3 Å². The van der Waals surface area contributed by atoms with Crippen molar-refractivity contribution in [2.45, 2.75) is 48.6 Å². The van der Waals surface area contributed by atoms with Gasteiger partial charge in [-0.05, 0) is 61.6 Å². The fourth-order valence-corrected chi connectivity index (χ4v) is 6.96. The van der Waals surface area contributed by atoms with E-state index < -0.39 is 15.4 Å². The molecule has 1 saturated carbocycles. The lowest BCUT2D eigenvalue weighted by molar-refractivity contribution is -0.118. The molecule has 2 aromatic carbocycles. The van der Waals surface area contributed by atoms with Crippen molar-refractivity contribution in [1.82, 2.24) is 9.29 Å². The summed E-state index contributed by atoms with van der Waals surface area (Å²) in [4.78, 5) is 18.1. The molecule has 2 N–H and O–H groups in total. The molecule has 3 aliphatic rings. The second kappa shape index (κ2) is 9.77. The summed E-state index contributed by atoms with van der Waals surface area (Å²) >= 11 is 0. The highest BCUT2D eigenvalue weighted by atomic mass is 32.2. The number of anilines is 1. The molecule has 3 aromatic rings. The first-order chi connectivity index (χ1) is 18.4. The number of amides is 1. The van der Waals surface area contributed by atoms with Crippen molar-refractivity contribution in [1.29, 1.82) is 0 Å². The summed E-state index contributed by atoms with van der Waals surface area (Å²) < 4.78 is 38.4. The van der Waals surface area contributed by atoms with Crippen molar-refractivity contribution in [2.24, 2.45) is 0 Å². The molecule has 1 saturated heterocycles. The number of nitrogens with zero attached hydrogens (tertiary/aromatic N) is 2. The average Bonchev–Trinajstić information content (AvgIpc) is 3.62. The number of hydrogen-bond acceptors (Lipinski definition) is 7. The zero-order valence-corrected chi connectivity index (χ0v) is 21.6. The Hall–Kier alpha value is -3.31. The summed E-state index contributed by atoms with van der Waals surface area (Å²) in [5.74, 6) is 1.08. The number of fused-ring (bicyclic) bond motifs is 1. The number of hydrogen-bond donors (Lipinski definition) is 2.